The van der Waals surface area contributed by atoms with Gasteiger partial charge in [-0.1, -0.05) is 25.6 Å². The van der Waals surface area contributed by atoms with Crippen LogP contribution >= 0.6 is 11.8 Å². The number of hydrogen-bond donors (Lipinski definition) is 2. The second-order valence-electron chi connectivity index (χ2n) is 7.23. The highest BCUT2D eigenvalue weighted by atomic mass is 32.2. The molecule has 0 aliphatic carbocycles. The maximum Gasteiger partial charge on any atom is 0.234 e. The number of nitrogens with two attached hydrogens (primary N) is 1. The molecular formula is C21H31N5O4S. The molecule has 0 bridgehead atoms. The van der Waals surface area contributed by atoms with Crippen LogP contribution in [0.5, 0.6) is 11.5 Å². The lowest BCUT2D eigenvalue weighted by Crippen LogP contribution is -2.16. The summed E-state index contributed by atoms with van der Waals surface area (Å²) in [7, 11) is 0. The smallest absolute Gasteiger partial charge is 0.234 e. The van der Waals surface area contributed by atoms with Crippen LogP contribution in [0.4, 0.5) is 5.69 Å². The van der Waals surface area contributed by atoms with Crippen molar-refractivity contribution in [3.05, 3.63) is 24.0 Å². The third-order valence-electron chi connectivity index (χ3n) is 4.10. The summed E-state index contributed by atoms with van der Waals surface area (Å²) >= 11 is 1.30. The minimum atomic E-state index is -0.380. The predicted molar refractivity (Wildman–Crippen MR) is 121 cm³/mol. The summed E-state index contributed by atoms with van der Waals surface area (Å²) in [6, 6.07) is 5.31. The Morgan fingerprint density at radius 2 is 1.87 bits per heavy atom. The van der Waals surface area contributed by atoms with Gasteiger partial charge in [-0.25, -0.2) is 0 Å². The SMILES string of the molecule is CCOc1ccc(NC(=O)CSc2nnc(CCC(N)=O)n2CC(C)C)cc1OCC. The highest BCUT2D eigenvalue weighted by molar-refractivity contribution is 7.99. The fraction of sp³-hybridized carbons (Fsp3) is 0.524. The van der Waals surface area contributed by atoms with E-state index in [0.717, 1.165) is 0 Å². The van der Waals surface area contributed by atoms with E-state index in [1.54, 1.807) is 18.2 Å². The molecule has 0 fully saturated rings. The van der Waals surface area contributed by atoms with E-state index in [9.17, 15) is 9.59 Å². The molecule has 0 saturated heterocycles. The zero-order valence-corrected chi connectivity index (χ0v) is 19.3. The van der Waals surface area contributed by atoms with Crippen LogP contribution in [-0.2, 0) is 22.6 Å². The Hall–Kier alpha value is -2.75. The van der Waals surface area contributed by atoms with E-state index in [-0.39, 0.29) is 24.0 Å². The fourth-order valence-electron chi connectivity index (χ4n) is 2.85. The quantitative estimate of drug-likeness (QED) is 0.451. The number of carbonyl (C=O) groups excluding carboxylic acids is 2. The molecule has 0 atom stereocenters. The Balaban J connectivity index is 2.03. The van der Waals surface area contributed by atoms with Crippen molar-refractivity contribution >= 4 is 29.3 Å². The molecule has 0 saturated carbocycles. The van der Waals surface area contributed by atoms with Crippen LogP contribution in [-0.4, -0.2) is 45.5 Å². The van der Waals surface area contributed by atoms with Crippen LogP contribution in [0.2, 0.25) is 0 Å². The topological polar surface area (TPSA) is 121 Å². The highest BCUT2D eigenvalue weighted by Crippen LogP contribution is 2.31. The summed E-state index contributed by atoms with van der Waals surface area (Å²) in [6.07, 6.45) is 0.634. The van der Waals surface area contributed by atoms with Crippen molar-refractivity contribution in [3.63, 3.8) is 0 Å². The molecule has 10 heteroatoms. The normalized spacial score (nSPS) is 10.9. The van der Waals surface area contributed by atoms with E-state index in [1.807, 2.05) is 18.4 Å². The first-order valence-electron chi connectivity index (χ1n) is 10.4. The van der Waals surface area contributed by atoms with Gasteiger partial charge in [-0.3, -0.25) is 9.59 Å². The van der Waals surface area contributed by atoms with Gasteiger partial charge in [0.05, 0.1) is 19.0 Å². The number of hydrogen-bond acceptors (Lipinski definition) is 7. The lowest BCUT2D eigenvalue weighted by atomic mass is 10.2. The number of primary amides is 1. The average Bonchev–Trinajstić information content (AvgIpc) is 3.08. The lowest BCUT2D eigenvalue weighted by molar-refractivity contribution is -0.118. The minimum Gasteiger partial charge on any atom is -0.490 e. The first-order chi connectivity index (χ1) is 14.8. The van der Waals surface area contributed by atoms with Gasteiger partial charge in [-0.2, -0.15) is 0 Å². The monoisotopic (exact) mass is 449 g/mol. The third-order valence-corrected chi connectivity index (χ3v) is 5.06. The fourth-order valence-corrected chi connectivity index (χ4v) is 3.62. The van der Waals surface area contributed by atoms with Crippen molar-refractivity contribution < 1.29 is 19.1 Å². The average molecular weight is 450 g/mol. The lowest BCUT2D eigenvalue weighted by Gasteiger charge is -2.13. The molecule has 0 radical (unpaired) electrons. The summed E-state index contributed by atoms with van der Waals surface area (Å²) in [4.78, 5) is 23.6. The first-order valence-corrected chi connectivity index (χ1v) is 11.3. The molecule has 170 valence electrons. The minimum absolute atomic E-state index is 0.170. The van der Waals surface area contributed by atoms with Crippen molar-refractivity contribution in [2.24, 2.45) is 11.7 Å². The van der Waals surface area contributed by atoms with Crippen LogP contribution < -0.4 is 20.5 Å². The summed E-state index contributed by atoms with van der Waals surface area (Å²) < 4.78 is 13.1. The van der Waals surface area contributed by atoms with Crippen LogP contribution in [0.25, 0.3) is 0 Å². The number of aryl methyl sites for hydroxylation is 1. The van der Waals surface area contributed by atoms with E-state index < -0.39 is 0 Å². The molecule has 1 aromatic heterocycles. The number of anilines is 1. The molecular weight excluding hydrogens is 418 g/mol. The molecule has 1 aromatic carbocycles. The molecule has 0 spiro atoms. The summed E-state index contributed by atoms with van der Waals surface area (Å²) in [5, 5.41) is 11.9. The number of nitrogens with one attached hydrogen (secondary N) is 1. The van der Waals surface area contributed by atoms with Crippen molar-refractivity contribution in [3.8, 4) is 11.5 Å². The van der Waals surface area contributed by atoms with Crippen molar-refractivity contribution in [2.75, 3.05) is 24.3 Å². The summed E-state index contributed by atoms with van der Waals surface area (Å²) in [6.45, 7) is 9.68. The number of benzene rings is 1. The summed E-state index contributed by atoms with van der Waals surface area (Å²) in [5.74, 6) is 1.90. The summed E-state index contributed by atoms with van der Waals surface area (Å²) in [5.41, 5.74) is 5.88. The van der Waals surface area contributed by atoms with Crippen LogP contribution in [0.3, 0.4) is 0 Å². The van der Waals surface area contributed by atoms with Gasteiger partial charge in [0, 0.05) is 31.1 Å². The Morgan fingerprint density at radius 3 is 2.52 bits per heavy atom. The molecule has 0 unspecified atom stereocenters. The Bertz CT molecular complexity index is 885. The van der Waals surface area contributed by atoms with Gasteiger partial charge in [-0.15, -0.1) is 10.2 Å². The zero-order chi connectivity index (χ0) is 22.8. The molecule has 3 N–H and O–H groups in total. The second kappa shape index (κ2) is 12.2. The van der Waals surface area contributed by atoms with E-state index in [4.69, 9.17) is 15.2 Å². The van der Waals surface area contributed by atoms with Gasteiger partial charge in [-0.05, 0) is 31.9 Å². The number of nitrogens with zero attached hydrogens (tertiary/aromatic N) is 3. The highest BCUT2D eigenvalue weighted by Gasteiger charge is 2.16. The molecule has 2 amide bonds. The number of aromatic nitrogens is 3. The molecule has 2 rings (SSSR count). The predicted octanol–water partition coefficient (Wildman–Crippen LogP) is 2.88. The third kappa shape index (κ3) is 7.78. The van der Waals surface area contributed by atoms with E-state index in [2.05, 4.69) is 29.4 Å². The van der Waals surface area contributed by atoms with Crippen molar-refractivity contribution in [1.29, 1.82) is 0 Å². The van der Waals surface area contributed by atoms with Crippen LogP contribution in [0.15, 0.2) is 23.4 Å². The number of ether oxygens (including phenoxy) is 2. The maximum absolute atomic E-state index is 12.5. The maximum atomic E-state index is 12.5. The van der Waals surface area contributed by atoms with Gasteiger partial charge in [0.1, 0.15) is 5.82 Å². The van der Waals surface area contributed by atoms with Gasteiger partial charge >= 0.3 is 0 Å². The molecule has 1 heterocycles. The Kier molecular flexibility index (Phi) is 9.64. The largest absolute Gasteiger partial charge is 0.490 e. The number of thioether (sulfide) groups is 1. The molecule has 0 aliphatic heterocycles. The number of carbonyl (C=O) groups is 2. The Morgan fingerprint density at radius 1 is 1.16 bits per heavy atom. The molecule has 31 heavy (non-hydrogen) atoms. The second-order valence-corrected chi connectivity index (χ2v) is 8.18. The van der Waals surface area contributed by atoms with Gasteiger partial charge < -0.3 is 25.1 Å². The van der Waals surface area contributed by atoms with E-state index in [0.29, 0.717) is 60.3 Å². The molecule has 9 nitrogen and oxygen atoms in total. The van der Waals surface area contributed by atoms with Gasteiger partial charge in [0.15, 0.2) is 16.7 Å². The van der Waals surface area contributed by atoms with Gasteiger partial charge in [0.2, 0.25) is 11.8 Å². The standard InChI is InChI=1S/C21H31N5O4S/c1-5-29-16-8-7-15(11-17(16)30-6-2)23-20(28)13-31-21-25-24-19(10-9-18(22)27)26(21)12-14(3)4/h7-8,11,14H,5-6,9-10,12-13H2,1-4H3,(H2,22,27)(H,23,28). The van der Waals surface area contributed by atoms with Gasteiger partial charge in [0.25, 0.3) is 0 Å². The number of amides is 2. The first kappa shape index (κ1) is 24.5. The molecule has 0 aliphatic rings. The van der Waals surface area contributed by atoms with E-state index >= 15 is 0 Å². The zero-order valence-electron chi connectivity index (χ0n) is 18.5. The van der Waals surface area contributed by atoms with Crippen LogP contribution in [0, 0.1) is 5.92 Å². The Labute approximate surface area is 187 Å². The van der Waals surface area contributed by atoms with Crippen molar-refractivity contribution in [2.45, 2.75) is 52.2 Å². The molecule has 2 aromatic rings. The number of rotatable bonds is 13. The van der Waals surface area contributed by atoms with Crippen LogP contribution in [0.1, 0.15) is 39.9 Å². The van der Waals surface area contributed by atoms with E-state index in [1.165, 1.54) is 11.8 Å². The van der Waals surface area contributed by atoms with Crippen molar-refractivity contribution in [1.82, 2.24) is 14.8 Å².